The fourth-order valence-electron chi connectivity index (χ4n) is 8.65. The van der Waals surface area contributed by atoms with Gasteiger partial charge in [0.25, 0.3) is 11.8 Å². The molecule has 11 atom stereocenters. The standard InChI is InChI=1S/C50H49NO13/c1-31(52)60-45-44(58-28-34-20-10-4-11-21-34)42-39(30-59-49(63-42)35-22-12-5-13-23-35)62-50(45)64-41-38(29-56-26-32-16-6-2-7-17-32)61-48(55)40(43(41)57-27-33-18-8-3-9-19-33)51-46(53)36-24-14-15-25-37(36)47(51)54/h2-25,38-45,48-50,55H,26-30H2,1H3/t38-,39-,40-,41-,42-,43-,44+,45-,48?,49-,50+/m1/s1. The van der Waals surface area contributed by atoms with Crippen molar-refractivity contribution in [2.24, 2.45) is 0 Å². The van der Waals surface area contributed by atoms with Crippen LogP contribution >= 0.6 is 0 Å². The summed E-state index contributed by atoms with van der Waals surface area (Å²) in [5.41, 5.74) is 3.65. The van der Waals surface area contributed by atoms with Crippen LogP contribution in [0, 0.1) is 0 Å². The van der Waals surface area contributed by atoms with E-state index < -0.39 is 85.4 Å². The molecule has 332 valence electrons. The number of fused-ring (bicyclic) bond motifs is 2. The Morgan fingerprint density at radius 3 is 1.75 bits per heavy atom. The van der Waals surface area contributed by atoms with E-state index in [1.807, 2.05) is 121 Å². The number of aliphatic hydroxyl groups is 1. The molecule has 0 bridgehead atoms. The van der Waals surface area contributed by atoms with Crippen molar-refractivity contribution in [1.82, 2.24) is 4.90 Å². The van der Waals surface area contributed by atoms with Gasteiger partial charge in [-0.1, -0.05) is 133 Å². The number of carbonyl (C=O) groups is 3. The van der Waals surface area contributed by atoms with Gasteiger partial charge in [-0.15, -0.1) is 0 Å². The number of benzene rings is 5. The molecule has 64 heavy (non-hydrogen) atoms. The minimum atomic E-state index is -1.74. The Labute approximate surface area is 370 Å². The first-order valence-corrected chi connectivity index (χ1v) is 21.4. The van der Waals surface area contributed by atoms with Crippen LogP contribution in [0.5, 0.6) is 0 Å². The first kappa shape index (κ1) is 43.6. The molecule has 0 spiro atoms. The van der Waals surface area contributed by atoms with Crippen molar-refractivity contribution in [3.05, 3.63) is 179 Å². The Morgan fingerprint density at radius 2 is 1.17 bits per heavy atom. The number of aliphatic hydroxyl groups excluding tert-OH is 1. The summed E-state index contributed by atoms with van der Waals surface area (Å²) in [7, 11) is 0. The van der Waals surface area contributed by atoms with Crippen molar-refractivity contribution >= 4 is 17.8 Å². The molecule has 9 rings (SSSR count). The molecule has 14 heteroatoms. The van der Waals surface area contributed by atoms with Crippen molar-refractivity contribution < 1.29 is 62.1 Å². The van der Waals surface area contributed by atoms with Crippen LogP contribution in [-0.2, 0) is 67.2 Å². The molecule has 0 aromatic heterocycles. The Hall–Kier alpha value is -5.65. The van der Waals surface area contributed by atoms with E-state index in [2.05, 4.69) is 0 Å². The second-order valence-corrected chi connectivity index (χ2v) is 16.0. The molecular weight excluding hydrogens is 823 g/mol. The lowest BCUT2D eigenvalue weighted by Gasteiger charge is -2.51. The summed E-state index contributed by atoms with van der Waals surface area (Å²) in [5.74, 6) is -1.90. The summed E-state index contributed by atoms with van der Waals surface area (Å²) in [4.78, 5) is 42.4. The molecular formula is C50H49NO13. The van der Waals surface area contributed by atoms with Crippen LogP contribution in [-0.4, -0.2) is 102 Å². The molecule has 4 aliphatic heterocycles. The number of imide groups is 1. The van der Waals surface area contributed by atoms with Gasteiger partial charge in [-0.05, 0) is 28.8 Å². The van der Waals surface area contributed by atoms with Crippen LogP contribution in [0.3, 0.4) is 0 Å². The van der Waals surface area contributed by atoms with E-state index in [1.54, 1.807) is 24.3 Å². The lowest BCUT2D eigenvalue weighted by molar-refractivity contribution is -0.387. The lowest BCUT2D eigenvalue weighted by Crippen LogP contribution is -2.69. The van der Waals surface area contributed by atoms with Crippen LogP contribution in [0.15, 0.2) is 146 Å². The topological polar surface area (TPSA) is 158 Å². The van der Waals surface area contributed by atoms with Crippen molar-refractivity contribution in [3.8, 4) is 0 Å². The normalized spacial score (nSPS) is 28.9. The van der Waals surface area contributed by atoms with Crippen molar-refractivity contribution in [2.75, 3.05) is 13.2 Å². The zero-order valence-corrected chi connectivity index (χ0v) is 35.0. The van der Waals surface area contributed by atoms with Crippen molar-refractivity contribution in [2.45, 2.75) is 94.4 Å². The fourth-order valence-corrected chi connectivity index (χ4v) is 8.65. The van der Waals surface area contributed by atoms with E-state index in [-0.39, 0.29) is 44.2 Å². The maximum atomic E-state index is 14.2. The van der Waals surface area contributed by atoms with E-state index in [0.717, 1.165) is 27.2 Å². The number of esters is 1. The molecule has 0 aliphatic carbocycles. The van der Waals surface area contributed by atoms with E-state index in [9.17, 15) is 19.5 Å². The maximum Gasteiger partial charge on any atom is 0.303 e. The second kappa shape index (κ2) is 20.0. The van der Waals surface area contributed by atoms with Gasteiger partial charge >= 0.3 is 5.97 Å². The van der Waals surface area contributed by atoms with Gasteiger partial charge in [-0.2, -0.15) is 0 Å². The highest BCUT2D eigenvalue weighted by molar-refractivity contribution is 6.21. The van der Waals surface area contributed by atoms with E-state index in [1.165, 1.54) is 6.92 Å². The van der Waals surface area contributed by atoms with Crippen LogP contribution in [0.4, 0.5) is 0 Å². The van der Waals surface area contributed by atoms with E-state index >= 15 is 0 Å². The highest BCUT2D eigenvalue weighted by Crippen LogP contribution is 2.40. The van der Waals surface area contributed by atoms with Crippen molar-refractivity contribution in [3.63, 3.8) is 0 Å². The van der Waals surface area contributed by atoms with Gasteiger partial charge in [0.1, 0.15) is 42.7 Å². The van der Waals surface area contributed by atoms with Crippen molar-refractivity contribution in [1.29, 1.82) is 0 Å². The van der Waals surface area contributed by atoms with Crippen LogP contribution < -0.4 is 0 Å². The van der Waals surface area contributed by atoms with E-state index in [4.69, 9.17) is 42.6 Å². The van der Waals surface area contributed by atoms with Crippen LogP contribution in [0.1, 0.15) is 56.2 Å². The number of nitrogens with zero attached hydrogens (tertiary/aromatic N) is 1. The monoisotopic (exact) mass is 871 g/mol. The van der Waals surface area contributed by atoms with Gasteiger partial charge in [-0.3, -0.25) is 19.3 Å². The van der Waals surface area contributed by atoms with Crippen LogP contribution in [0.25, 0.3) is 0 Å². The highest BCUT2D eigenvalue weighted by atomic mass is 16.8. The summed E-state index contributed by atoms with van der Waals surface area (Å²) < 4.78 is 58.6. The van der Waals surface area contributed by atoms with Gasteiger partial charge < -0.3 is 47.7 Å². The Balaban J connectivity index is 1.09. The van der Waals surface area contributed by atoms with Gasteiger partial charge in [0.2, 0.25) is 0 Å². The Kier molecular flexibility index (Phi) is 13.6. The summed E-state index contributed by atoms with van der Waals surface area (Å²) >= 11 is 0. The Bertz CT molecular complexity index is 2300. The molecule has 5 aromatic carbocycles. The van der Waals surface area contributed by atoms with E-state index in [0.29, 0.717) is 0 Å². The lowest BCUT2D eigenvalue weighted by atomic mass is 9.93. The zero-order valence-electron chi connectivity index (χ0n) is 35.0. The number of carbonyl (C=O) groups excluding carboxylic acids is 3. The third kappa shape index (κ3) is 9.56. The number of amides is 2. The number of hydrogen-bond acceptors (Lipinski definition) is 13. The molecule has 3 saturated heterocycles. The molecule has 0 radical (unpaired) electrons. The summed E-state index contributed by atoms with van der Waals surface area (Å²) in [6, 6.07) is 42.8. The van der Waals surface area contributed by atoms with Gasteiger partial charge in [0, 0.05) is 12.5 Å². The minimum absolute atomic E-state index is 0.00961. The average molecular weight is 872 g/mol. The van der Waals surface area contributed by atoms with Gasteiger partial charge in [0.05, 0.1) is 44.2 Å². The average Bonchev–Trinajstić information content (AvgIpc) is 3.57. The minimum Gasteiger partial charge on any atom is -0.454 e. The molecule has 1 unspecified atom stereocenters. The smallest absolute Gasteiger partial charge is 0.303 e. The molecule has 14 nitrogen and oxygen atoms in total. The first-order chi connectivity index (χ1) is 31.3. The molecule has 2 amide bonds. The molecule has 5 aromatic rings. The number of rotatable bonds is 15. The largest absolute Gasteiger partial charge is 0.454 e. The van der Waals surface area contributed by atoms with Gasteiger partial charge in [-0.25, -0.2) is 0 Å². The zero-order chi connectivity index (χ0) is 44.0. The summed E-state index contributed by atoms with van der Waals surface area (Å²) in [6.45, 7) is 1.50. The predicted molar refractivity (Wildman–Crippen MR) is 227 cm³/mol. The molecule has 0 saturated carbocycles. The SMILES string of the molecule is CC(=O)O[C@H]1[C@H](O[C@H]2[C@H](OCc3ccccc3)[C@@H](N3C(=O)c4ccccc4C3=O)C(O)O[C@@H]2COCc2ccccc2)O[C@@H]2CO[C@@H](c3ccccc3)O[C@H]2[C@@H]1OCc1ccccc1. The number of hydrogen-bond donors (Lipinski definition) is 1. The van der Waals surface area contributed by atoms with Crippen LogP contribution in [0.2, 0.25) is 0 Å². The molecule has 3 fully saturated rings. The fraction of sp³-hybridized carbons (Fsp3) is 0.340. The molecule has 1 N–H and O–H groups in total. The first-order valence-electron chi connectivity index (χ1n) is 21.4. The predicted octanol–water partition coefficient (Wildman–Crippen LogP) is 5.91. The summed E-state index contributed by atoms with van der Waals surface area (Å²) in [6.07, 6.45) is -11.3. The third-order valence-electron chi connectivity index (χ3n) is 11.7. The van der Waals surface area contributed by atoms with Gasteiger partial charge in [0.15, 0.2) is 25.0 Å². The molecule has 4 aliphatic rings. The third-order valence-corrected chi connectivity index (χ3v) is 11.7. The summed E-state index contributed by atoms with van der Waals surface area (Å²) in [5, 5.41) is 12.0. The second-order valence-electron chi connectivity index (χ2n) is 16.0. The Morgan fingerprint density at radius 1 is 0.641 bits per heavy atom. The highest BCUT2D eigenvalue weighted by Gasteiger charge is 2.58. The number of ether oxygens (including phenoxy) is 9. The molecule has 4 heterocycles. The maximum absolute atomic E-state index is 14.2. The quantitative estimate of drug-likeness (QED) is 0.0979.